The van der Waals surface area contributed by atoms with Gasteiger partial charge in [-0.2, -0.15) is 4.98 Å². The maximum absolute atomic E-state index is 11.3. The van der Waals surface area contributed by atoms with Crippen LogP contribution in [0.5, 0.6) is 5.75 Å². The van der Waals surface area contributed by atoms with Gasteiger partial charge in [0.2, 0.25) is 0 Å². The molecule has 1 aromatic heterocycles. The predicted molar refractivity (Wildman–Crippen MR) is 69.9 cm³/mol. The van der Waals surface area contributed by atoms with Crippen molar-refractivity contribution in [3.05, 3.63) is 23.9 Å². The molecule has 6 heteroatoms. The molecule has 1 aliphatic heterocycles. The SMILES string of the molecule is CCc1nc(N)oc1-c1ccc2c(c1)NC(=O)CO2. The van der Waals surface area contributed by atoms with Crippen LogP contribution in [-0.4, -0.2) is 17.5 Å². The van der Waals surface area contributed by atoms with Crippen LogP contribution in [0.4, 0.5) is 11.7 Å². The molecule has 3 rings (SSSR count). The van der Waals surface area contributed by atoms with Gasteiger partial charge in [-0.3, -0.25) is 4.79 Å². The Bertz CT molecular complexity index is 649. The van der Waals surface area contributed by atoms with E-state index in [1.54, 1.807) is 12.1 Å². The summed E-state index contributed by atoms with van der Waals surface area (Å²) in [4.78, 5) is 15.4. The van der Waals surface area contributed by atoms with E-state index < -0.39 is 0 Å². The van der Waals surface area contributed by atoms with Crippen LogP contribution in [0.25, 0.3) is 11.3 Å². The number of carbonyl (C=O) groups excluding carboxylic acids is 1. The van der Waals surface area contributed by atoms with E-state index >= 15 is 0 Å². The van der Waals surface area contributed by atoms with Crippen LogP contribution in [0.15, 0.2) is 22.6 Å². The first-order chi connectivity index (χ1) is 9.17. The van der Waals surface area contributed by atoms with Crippen molar-refractivity contribution in [2.24, 2.45) is 0 Å². The monoisotopic (exact) mass is 259 g/mol. The van der Waals surface area contributed by atoms with E-state index in [0.29, 0.717) is 17.2 Å². The van der Waals surface area contributed by atoms with Gasteiger partial charge in [-0.15, -0.1) is 0 Å². The maximum atomic E-state index is 11.3. The van der Waals surface area contributed by atoms with Gasteiger partial charge < -0.3 is 20.2 Å². The Morgan fingerprint density at radius 1 is 1.47 bits per heavy atom. The summed E-state index contributed by atoms with van der Waals surface area (Å²) in [5.41, 5.74) is 7.81. The number of hydrogen-bond donors (Lipinski definition) is 2. The Balaban J connectivity index is 2.06. The van der Waals surface area contributed by atoms with Crippen LogP contribution in [0, 0.1) is 0 Å². The highest BCUT2D eigenvalue weighted by Gasteiger charge is 2.19. The summed E-state index contributed by atoms with van der Waals surface area (Å²) >= 11 is 0. The van der Waals surface area contributed by atoms with E-state index in [1.807, 2.05) is 13.0 Å². The van der Waals surface area contributed by atoms with Crippen molar-refractivity contribution in [1.29, 1.82) is 0 Å². The molecule has 0 radical (unpaired) electrons. The number of aromatic nitrogens is 1. The molecule has 1 aromatic carbocycles. The zero-order chi connectivity index (χ0) is 13.4. The minimum Gasteiger partial charge on any atom is -0.482 e. The summed E-state index contributed by atoms with van der Waals surface area (Å²) in [6.45, 7) is 2.02. The van der Waals surface area contributed by atoms with Crippen molar-refractivity contribution in [2.45, 2.75) is 13.3 Å². The van der Waals surface area contributed by atoms with Gasteiger partial charge in [0.05, 0.1) is 11.4 Å². The van der Waals surface area contributed by atoms with Crippen molar-refractivity contribution in [3.63, 3.8) is 0 Å². The molecule has 19 heavy (non-hydrogen) atoms. The number of carbonyl (C=O) groups is 1. The summed E-state index contributed by atoms with van der Waals surface area (Å²) in [6.07, 6.45) is 0.718. The standard InChI is InChI=1S/C13H13N3O3/c1-2-8-12(19-13(14)16-8)7-3-4-10-9(5-7)15-11(17)6-18-10/h3-5H,2,6H2,1H3,(H2,14,16)(H,15,17). The number of oxazole rings is 1. The fourth-order valence-corrected chi connectivity index (χ4v) is 2.06. The van der Waals surface area contributed by atoms with E-state index in [9.17, 15) is 4.79 Å². The molecule has 0 bridgehead atoms. The number of rotatable bonds is 2. The van der Waals surface area contributed by atoms with Gasteiger partial charge in [-0.25, -0.2) is 0 Å². The largest absolute Gasteiger partial charge is 0.482 e. The van der Waals surface area contributed by atoms with Crippen LogP contribution in [0.1, 0.15) is 12.6 Å². The second kappa shape index (κ2) is 4.31. The number of ether oxygens (including phenoxy) is 1. The highest BCUT2D eigenvalue weighted by atomic mass is 16.5. The molecule has 0 aliphatic carbocycles. The van der Waals surface area contributed by atoms with Gasteiger partial charge in [0.15, 0.2) is 12.4 Å². The lowest BCUT2D eigenvalue weighted by Gasteiger charge is -2.18. The normalized spacial score (nSPS) is 13.6. The summed E-state index contributed by atoms with van der Waals surface area (Å²) < 4.78 is 10.7. The summed E-state index contributed by atoms with van der Waals surface area (Å²) in [5.74, 6) is 1.11. The van der Waals surface area contributed by atoms with Gasteiger partial charge in [0.25, 0.3) is 11.9 Å². The highest BCUT2D eigenvalue weighted by Crippen LogP contribution is 2.34. The molecule has 0 unspecified atom stereocenters. The average molecular weight is 259 g/mol. The number of amides is 1. The van der Waals surface area contributed by atoms with Crippen molar-refractivity contribution >= 4 is 17.6 Å². The molecule has 6 nitrogen and oxygen atoms in total. The number of nitrogen functional groups attached to an aromatic ring is 1. The van der Waals surface area contributed by atoms with Crippen LogP contribution in [-0.2, 0) is 11.2 Å². The first-order valence-corrected chi connectivity index (χ1v) is 5.99. The third-order valence-corrected chi connectivity index (χ3v) is 2.92. The second-order valence-corrected chi connectivity index (χ2v) is 4.23. The number of aryl methyl sites for hydroxylation is 1. The molecule has 0 saturated heterocycles. The van der Waals surface area contributed by atoms with Crippen molar-refractivity contribution in [2.75, 3.05) is 17.7 Å². The van der Waals surface area contributed by atoms with E-state index in [4.69, 9.17) is 14.9 Å². The van der Waals surface area contributed by atoms with E-state index in [2.05, 4.69) is 10.3 Å². The number of anilines is 2. The van der Waals surface area contributed by atoms with Gasteiger partial charge in [-0.1, -0.05) is 6.92 Å². The molecule has 2 aromatic rings. The predicted octanol–water partition coefficient (Wildman–Crippen LogP) is 1.82. The van der Waals surface area contributed by atoms with E-state index in [0.717, 1.165) is 17.7 Å². The minimum atomic E-state index is -0.169. The Morgan fingerprint density at radius 3 is 3.11 bits per heavy atom. The van der Waals surface area contributed by atoms with Gasteiger partial charge >= 0.3 is 0 Å². The molecular formula is C13H13N3O3. The number of nitrogens with zero attached hydrogens (tertiary/aromatic N) is 1. The molecule has 3 N–H and O–H groups in total. The number of hydrogen-bond acceptors (Lipinski definition) is 5. The molecule has 1 amide bonds. The summed E-state index contributed by atoms with van der Waals surface area (Å²) in [7, 11) is 0. The Labute approximate surface area is 109 Å². The van der Waals surface area contributed by atoms with Gasteiger partial charge in [-0.05, 0) is 24.6 Å². The first kappa shape index (κ1) is 11.6. The van der Waals surface area contributed by atoms with Gasteiger partial charge in [0, 0.05) is 5.56 Å². The van der Waals surface area contributed by atoms with Crippen LogP contribution >= 0.6 is 0 Å². The zero-order valence-corrected chi connectivity index (χ0v) is 10.4. The second-order valence-electron chi connectivity index (χ2n) is 4.23. The topological polar surface area (TPSA) is 90.4 Å². The molecule has 0 spiro atoms. The molecular weight excluding hydrogens is 246 g/mol. The lowest BCUT2D eigenvalue weighted by molar-refractivity contribution is -0.118. The minimum absolute atomic E-state index is 0.0435. The number of fused-ring (bicyclic) bond motifs is 1. The van der Waals surface area contributed by atoms with Crippen LogP contribution < -0.4 is 15.8 Å². The molecule has 0 atom stereocenters. The van der Waals surface area contributed by atoms with E-state index in [1.165, 1.54) is 0 Å². The van der Waals surface area contributed by atoms with Crippen LogP contribution in [0.2, 0.25) is 0 Å². The number of nitrogens with one attached hydrogen (secondary N) is 1. The number of nitrogens with two attached hydrogens (primary N) is 1. The Kier molecular flexibility index (Phi) is 2.63. The highest BCUT2D eigenvalue weighted by molar-refractivity contribution is 5.96. The molecule has 0 saturated carbocycles. The quantitative estimate of drug-likeness (QED) is 0.858. The lowest BCUT2D eigenvalue weighted by atomic mass is 10.1. The summed E-state index contributed by atoms with van der Waals surface area (Å²) in [5, 5.41) is 2.76. The molecule has 2 heterocycles. The fourth-order valence-electron chi connectivity index (χ4n) is 2.06. The average Bonchev–Trinajstić information content (AvgIpc) is 2.79. The third kappa shape index (κ3) is 2.01. The third-order valence-electron chi connectivity index (χ3n) is 2.92. The Morgan fingerprint density at radius 2 is 2.32 bits per heavy atom. The number of benzene rings is 1. The summed E-state index contributed by atoms with van der Waals surface area (Å²) in [6, 6.07) is 5.59. The fraction of sp³-hybridized carbons (Fsp3) is 0.231. The Hall–Kier alpha value is -2.50. The van der Waals surface area contributed by atoms with Crippen molar-refractivity contribution in [1.82, 2.24) is 4.98 Å². The molecule has 1 aliphatic rings. The maximum Gasteiger partial charge on any atom is 0.292 e. The smallest absolute Gasteiger partial charge is 0.292 e. The first-order valence-electron chi connectivity index (χ1n) is 5.99. The molecule has 98 valence electrons. The van der Waals surface area contributed by atoms with Crippen molar-refractivity contribution < 1.29 is 13.9 Å². The van der Waals surface area contributed by atoms with E-state index in [-0.39, 0.29) is 18.5 Å². The van der Waals surface area contributed by atoms with Crippen molar-refractivity contribution in [3.8, 4) is 17.1 Å². The lowest BCUT2D eigenvalue weighted by Crippen LogP contribution is -2.25. The molecule has 0 fully saturated rings. The zero-order valence-electron chi connectivity index (χ0n) is 10.4. The van der Waals surface area contributed by atoms with Gasteiger partial charge in [0.1, 0.15) is 5.75 Å². The van der Waals surface area contributed by atoms with Crippen LogP contribution in [0.3, 0.4) is 0 Å².